The average molecular weight is 725 g/mol. The van der Waals surface area contributed by atoms with Crippen LogP contribution in [0, 0.1) is 5.92 Å². The number of carboxylic acid groups (broad SMARTS) is 2. The number of primary amides is 1. The summed E-state index contributed by atoms with van der Waals surface area (Å²) in [5, 5.41) is 45.1. The maximum atomic E-state index is 13.3. The first-order chi connectivity index (χ1) is 23.7. The minimum absolute atomic E-state index is 0.220. The van der Waals surface area contributed by atoms with Crippen LogP contribution in [0.1, 0.15) is 68.8 Å². The highest BCUT2D eigenvalue weighted by atomic mass is 16.6. The summed E-state index contributed by atoms with van der Waals surface area (Å²) in [7, 11) is 0.845. The maximum absolute atomic E-state index is 13.3. The lowest BCUT2D eigenvalue weighted by Crippen LogP contribution is -2.60. The van der Waals surface area contributed by atoms with Gasteiger partial charge in [0.25, 0.3) is 5.91 Å². The predicted molar refractivity (Wildman–Crippen MR) is 173 cm³/mol. The number of ether oxygens (including phenoxy) is 1. The molecule has 0 aliphatic heterocycles. The van der Waals surface area contributed by atoms with Crippen LogP contribution in [0.25, 0.3) is 0 Å². The number of benzene rings is 1. The Bertz CT molecular complexity index is 1460. The van der Waals surface area contributed by atoms with Crippen LogP contribution in [-0.2, 0) is 49.5 Å². The Morgan fingerprint density at radius 3 is 1.80 bits per heavy atom. The standard InChI is InChI=1S/C31H44N6O14/c1-5-15(2)24(26(32)44)35-27(45)19(10-12-22(39)40)34-28(46)20(11-13-23(41)42)36-37-29(47)21(33-16(3)38)14-17-6-8-18(9-7-17)25(43)31(49,50)30(48)51-4/h6-9,15,19-21,24,36,49-50H,5,10-14H2,1-4H3,(H2,32,44)(H,33,38)(H,34,46)(H,35,45)(H,37,47)(H,39,40)(H,41,42)/t15-,19-,20-,21?,24-/m0/s1. The molecule has 20 nitrogen and oxygen atoms in total. The summed E-state index contributed by atoms with van der Waals surface area (Å²) >= 11 is 0. The molecule has 0 radical (unpaired) electrons. The fourth-order valence-corrected chi connectivity index (χ4v) is 4.49. The van der Waals surface area contributed by atoms with Crippen molar-refractivity contribution in [2.45, 2.75) is 89.3 Å². The normalized spacial score (nSPS) is 14.0. The monoisotopic (exact) mass is 724 g/mol. The zero-order valence-corrected chi connectivity index (χ0v) is 28.4. The molecule has 5 atom stereocenters. The van der Waals surface area contributed by atoms with E-state index in [2.05, 4.69) is 31.5 Å². The summed E-state index contributed by atoms with van der Waals surface area (Å²) in [6.45, 7) is 4.49. The van der Waals surface area contributed by atoms with E-state index in [1.165, 1.54) is 12.1 Å². The maximum Gasteiger partial charge on any atom is 0.375 e. The molecule has 282 valence electrons. The molecule has 1 unspecified atom stereocenters. The van der Waals surface area contributed by atoms with Crippen LogP contribution in [-0.4, -0.2) is 111 Å². The molecular formula is C31H44N6O14. The molecule has 11 N–H and O–H groups in total. The topological polar surface area (TPSA) is 330 Å². The number of hydrazine groups is 1. The second-order valence-electron chi connectivity index (χ2n) is 11.5. The van der Waals surface area contributed by atoms with E-state index in [1.54, 1.807) is 13.8 Å². The molecule has 0 saturated carbocycles. The molecule has 5 amide bonds. The van der Waals surface area contributed by atoms with E-state index in [1.807, 2.05) is 0 Å². The van der Waals surface area contributed by atoms with Gasteiger partial charge in [0.05, 0.1) is 7.11 Å². The minimum atomic E-state index is -3.45. The molecule has 0 heterocycles. The number of nitrogens with one attached hydrogen (secondary N) is 5. The zero-order valence-electron chi connectivity index (χ0n) is 28.4. The number of esters is 1. The van der Waals surface area contributed by atoms with Gasteiger partial charge in [-0.05, 0) is 24.3 Å². The van der Waals surface area contributed by atoms with E-state index in [9.17, 15) is 58.5 Å². The number of methoxy groups -OCH3 is 1. The fraction of sp³-hybridized carbons (Fsp3) is 0.516. The third kappa shape index (κ3) is 14.1. The Kier molecular flexibility index (Phi) is 17.3. The third-order valence-electron chi connectivity index (χ3n) is 7.57. The van der Waals surface area contributed by atoms with Crippen molar-refractivity contribution in [2.75, 3.05) is 7.11 Å². The molecule has 0 bridgehead atoms. The minimum Gasteiger partial charge on any atom is -0.481 e. The number of hydrogen-bond acceptors (Lipinski definition) is 13. The lowest BCUT2D eigenvalue weighted by molar-refractivity contribution is -0.189. The zero-order chi connectivity index (χ0) is 39.1. The van der Waals surface area contributed by atoms with Crippen LogP contribution in [0.4, 0.5) is 0 Å². The first-order valence-corrected chi connectivity index (χ1v) is 15.6. The Labute approximate surface area is 291 Å². The lowest BCUT2D eigenvalue weighted by Gasteiger charge is -2.27. The number of aliphatic carboxylic acids is 2. The first-order valence-electron chi connectivity index (χ1n) is 15.6. The van der Waals surface area contributed by atoms with Crippen molar-refractivity contribution >= 4 is 53.2 Å². The quantitative estimate of drug-likeness (QED) is 0.0187. The summed E-state index contributed by atoms with van der Waals surface area (Å²) in [5.41, 5.74) is 10.0. The smallest absolute Gasteiger partial charge is 0.375 e. The Hall–Kier alpha value is -5.47. The van der Waals surface area contributed by atoms with Gasteiger partial charge in [0.15, 0.2) is 0 Å². The molecule has 0 aliphatic rings. The van der Waals surface area contributed by atoms with Gasteiger partial charge >= 0.3 is 23.7 Å². The largest absolute Gasteiger partial charge is 0.481 e. The molecule has 0 fully saturated rings. The SMILES string of the molecule is CC[C@H](C)[C@H](NC(=O)[C@H](CCC(=O)O)NC(=O)[C@H](CCC(=O)O)NNC(=O)C(Cc1ccc(C(=O)C(O)(O)C(=O)OC)cc1)NC(C)=O)C(N)=O. The summed E-state index contributed by atoms with van der Waals surface area (Å²) in [5.74, 6) is -13.9. The van der Waals surface area contributed by atoms with Crippen molar-refractivity contribution < 1.29 is 68.3 Å². The van der Waals surface area contributed by atoms with Gasteiger partial charge in [-0.25, -0.2) is 10.2 Å². The highest BCUT2D eigenvalue weighted by Crippen LogP contribution is 2.15. The van der Waals surface area contributed by atoms with Gasteiger partial charge in [-0.1, -0.05) is 44.5 Å². The number of rotatable bonds is 22. The van der Waals surface area contributed by atoms with Gasteiger partial charge in [-0.15, -0.1) is 0 Å². The summed E-state index contributed by atoms with van der Waals surface area (Å²) in [6, 6.07) is -0.655. The Morgan fingerprint density at radius 2 is 1.33 bits per heavy atom. The Balaban J connectivity index is 3.19. The van der Waals surface area contributed by atoms with Gasteiger partial charge in [-0.3, -0.25) is 43.8 Å². The van der Waals surface area contributed by atoms with Crippen LogP contribution in [0.2, 0.25) is 0 Å². The van der Waals surface area contributed by atoms with Crippen LogP contribution >= 0.6 is 0 Å². The van der Waals surface area contributed by atoms with Gasteiger partial charge in [0.2, 0.25) is 29.4 Å². The molecule has 1 aromatic rings. The highest BCUT2D eigenvalue weighted by Gasteiger charge is 2.44. The van der Waals surface area contributed by atoms with Crippen molar-refractivity contribution in [1.29, 1.82) is 0 Å². The van der Waals surface area contributed by atoms with Crippen molar-refractivity contribution in [2.24, 2.45) is 11.7 Å². The van der Waals surface area contributed by atoms with Crippen LogP contribution in [0.15, 0.2) is 24.3 Å². The lowest BCUT2D eigenvalue weighted by atomic mass is 9.98. The predicted octanol–water partition coefficient (Wildman–Crippen LogP) is -3.01. The highest BCUT2D eigenvalue weighted by molar-refractivity contribution is 6.13. The van der Waals surface area contributed by atoms with E-state index in [-0.39, 0.29) is 12.0 Å². The molecule has 20 heteroatoms. The number of nitrogens with two attached hydrogens (primary N) is 1. The van der Waals surface area contributed by atoms with Crippen LogP contribution < -0.4 is 32.5 Å². The molecule has 0 saturated heterocycles. The number of carbonyl (C=O) groups is 9. The number of carboxylic acids is 2. The van der Waals surface area contributed by atoms with Gasteiger partial charge < -0.3 is 46.8 Å². The van der Waals surface area contributed by atoms with Crippen molar-refractivity contribution in [1.82, 2.24) is 26.8 Å². The van der Waals surface area contributed by atoms with E-state index in [4.69, 9.17) is 10.8 Å². The van der Waals surface area contributed by atoms with E-state index in [0.717, 1.165) is 26.2 Å². The van der Waals surface area contributed by atoms with Gasteiger partial charge in [0, 0.05) is 31.7 Å². The molecule has 1 aromatic carbocycles. The molecule has 0 aromatic heterocycles. The average Bonchev–Trinajstić information content (AvgIpc) is 3.06. The van der Waals surface area contributed by atoms with Gasteiger partial charge in [-0.2, -0.15) is 0 Å². The number of aliphatic hydroxyl groups is 2. The van der Waals surface area contributed by atoms with E-state index >= 15 is 0 Å². The molecule has 51 heavy (non-hydrogen) atoms. The molecular weight excluding hydrogens is 680 g/mol. The second kappa shape index (κ2) is 20.3. The second-order valence-corrected chi connectivity index (χ2v) is 11.5. The van der Waals surface area contributed by atoms with E-state index in [0.29, 0.717) is 12.0 Å². The fourth-order valence-electron chi connectivity index (χ4n) is 4.49. The number of Topliss-reactive ketones (excluding diaryl/α,β-unsaturated/α-hetero) is 1. The van der Waals surface area contributed by atoms with Crippen molar-refractivity contribution in [3.05, 3.63) is 35.4 Å². The number of carbonyl (C=O) groups excluding carboxylic acids is 7. The van der Waals surface area contributed by atoms with Crippen molar-refractivity contribution in [3.8, 4) is 0 Å². The van der Waals surface area contributed by atoms with Crippen LogP contribution in [0.5, 0.6) is 0 Å². The third-order valence-corrected chi connectivity index (χ3v) is 7.57. The first kappa shape index (κ1) is 43.6. The molecule has 0 aliphatic carbocycles. The van der Waals surface area contributed by atoms with Crippen LogP contribution in [0.3, 0.4) is 0 Å². The molecule has 1 rings (SSSR count). The number of amides is 5. The van der Waals surface area contributed by atoms with Gasteiger partial charge in [0.1, 0.15) is 24.2 Å². The molecule has 0 spiro atoms. The summed E-state index contributed by atoms with van der Waals surface area (Å²) in [6.07, 6.45) is -1.81. The number of ketones is 1. The van der Waals surface area contributed by atoms with Crippen molar-refractivity contribution in [3.63, 3.8) is 0 Å². The summed E-state index contributed by atoms with van der Waals surface area (Å²) < 4.78 is 4.20. The van der Waals surface area contributed by atoms with E-state index < -0.39 is 115 Å². The summed E-state index contributed by atoms with van der Waals surface area (Å²) in [4.78, 5) is 110. The Morgan fingerprint density at radius 1 is 0.804 bits per heavy atom. The number of hydrogen-bond donors (Lipinski definition) is 10.